The number of rotatable bonds is 0. The molecule has 0 aliphatic carbocycles. The summed E-state index contributed by atoms with van der Waals surface area (Å²) in [6.45, 7) is 4.25. The van der Waals surface area contributed by atoms with Gasteiger partial charge in [-0.2, -0.15) is 0 Å². The van der Waals surface area contributed by atoms with E-state index in [2.05, 4.69) is 13.8 Å². The third-order valence-electron chi connectivity index (χ3n) is 0. The van der Waals surface area contributed by atoms with Crippen molar-refractivity contribution in [1.82, 2.24) is 0 Å². The Kier molecular flexibility index (Phi) is 12.0. The lowest BCUT2D eigenvalue weighted by Gasteiger charge is -1.48. The second-order valence-corrected chi connectivity index (χ2v) is 0.707. The van der Waals surface area contributed by atoms with Crippen molar-refractivity contribution in [2.75, 3.05) is 0 Å². The first-order valence-electron chi connectivity index (χ1n) is 2.41. The Morgan fingerprint density at radius 3 is 1.75 bits per heavy atom. The smallest absolute Gasteiger partial charge is 0.0194 e. The molecule has 4 heavy (non-hydrogen) atoms. The van der Waals surface area contributed by atoms with Gasteiger partial charge in [-0.3, -0.25) is 0 Å². The monoisotopic (exact) mass is 62.1 g/mol. The van der Waals surface area contributed by atoms with Crippen molar-refractivity contribution in [1.29, 1.82) is 0 Å². The topological polar surface area (TPSA) is 0 Å². The second kappa shape index (κ2) is 12.0. The largest absolute Gasteiger partial charge is 0.0776 e. The van der Waals surface area contributed by atoms with Crippen LogP contribution in [0, 0.1) is 0 Å². The third-order valence-corrected chi connectivity index (χ3v) is 0. The zero-order chi connectivity index (χ0) is 4.71. The minimum Gasteiger partial charge on any atom is -0.0776 e. The van der Waals surface area contributed by atoms with E-state index >= 15 is 0 Å². The second-order valence-electron chi connectivity index (χ2n) is 0.707. The molecule has 0 spiro atoms. The average Bonchev–Trinajstić information content (AvgIpc) is 1.46. The Hall–Kier alpha value is 0. The standard InChI is InChI=1S/C3H8.CH4/c1-3-2;/h3H2,1-2H3;1H4/i;1T. The van der Waals surface area contributed by atoms with E-state index in [-0.39, 0.29) is 0 Å². The zero-order valence-corrected chi connectivity index (χ0v) is 3.71. The van der Waals surface area contributed by atoms with Crippen LogP contribution in [0.2, 0.25) is 0 Å². The summed E-state index contributed by atoms with van der Waals surface area (Å²) < 4.78 is 5.75. The lowest BCUT2D eigenvalue weighted by Crippen LogP contribution is -1.27. The van der Waals surface area contributed by atoms with Gasteiger partial charge in [-0.1, -0.05) is 27.7 Å². The van der Waals surface area contributed by atoms with Crippen molar-refractivity contribution in [2.24, 2.45) is 0 Å². The van der Waals surface area contributed by atoms with Gasteiger partial charge in [-0.05, 0) is 0 Å². The number of hydrogen-bond donors (Lipinski definition) is 0. The van der Waals surface area contributed by atoms with E-state index in [0.29, 0.717) is 0 Å². The summed E-state index contributed by atoms with van der Waals surface area (Å²) in [7, 11) is 1.25. The molecule has 0 radical (unpaired) electrons. The van der Waals surface area contributed by atoms with Crippen molar-refractivity contribution < 1.29 is 1.37 Å². The van der Waals surface area contributed by atoms with Crippen LogP contribution < -0.4 is 0 Å². The molecule has 0 aliphatic rings. The van der Waals surface area contributed by atoms with E-state index in [1.807, 2.05) is 0 Å². The molecular formula is C4H12. The highest BCUT2D eigenvalue weighted by atomic mass is 13.4. The van der Waals surface area contributed by atoms with Crippen molar-refractivity contribution in [3.8, 4) is 0 Å². The van der Waals surface area contributed by atoms with Gasteiger partial charge >= 0.3 is 0 Å². The van der Waals surface area contributed by atoms with Crippen LogP contribution in [-0.2, 0) is 0 Å². The molecule has 0 aromatic rings. The maximum Gasteiger partial charge on any atom is 0.0194 e. The SMILES string of the molecule is CCC.[3H]C. The molecule has 0 saturated heterocycles. The summed E-state index contributed by atoms with van der Waals surface area (Å²) >= 11 is 0. The molecule has 0 aliphatic heterocycles. The highest BCUT2D eigenvalue weighted by Gasteiger charge is 1.35. The maximum absolute atomic E-state index is 5.75. The van der Waals surface area contributed by atoms with Crippen molar-refractivity contribution >= 4 is 0 Å². The summed E-state index contributed by atoms with van der Waals surface area (Å²) in [6, 6.07) is 0. The molecule has 0 rings (SSSR count). The Bertz CT molecular complexity index is 3.61. The Morgan fingerprint density at radius 2 is 1.75 bits per heavy atom. The Labute approximate surface area is 30.2 Å². The first-order chi connectivity index (χ1) is 2.41. The van der Waals surface area contributed by atoms with Crippen molar-refractivity contribution in [2.45, 2.75) is 27.7 Å². The summed E-state index contributed by atoms with van der Waals surface area (Å²) in [5.41, 5.74) is 0. The predicted octanol–water partition coefficient (Wildman–Crippen LogP) is 2.05. The van der Waals surface area contributed by atoms with Gasteiger partial charge in [0, 0.05) is 1.37 Å². The van der Waals surface area contributed by atoms with E-state index in [9.17, 15) is 0 Å². The first kappa shape index (κ1) is 4.00. The Morgan fingerprint density at radius 1 is 1.75 bits per heavy atom. The Balaban J connectivity index is 0. The lowest BCUT2D eigenvalue weighted by molar-refractivity contribution is 1.09. The molecule has 0 heteroatoms. The lowest BCUT2D eigenvalue weighted by atomic mass is 10.6. The average molecular weight is 62.1 g/mol. The molecule has 0 heterocycles. The molecule has 0 bridgehead atoms. The van der Waals surface area contributed by atoms with Gasteiger partial charge in [0.2, 0.25) is 0 Å². The van der Waals surface area contributed by atoms with Crippen LogP contribution in [0.15, 0.2) is 0 Å². The minimum absolute atomic E-state index is 1.25. The van der Waals surface area contributed by atoms with E-state index in [1.54, 1.807) is 0 Å². The van der Waals surface area contributed by atoms with Crippen LogP contribution in [0.4, 0.5) is 0 Å². The van der Waals surface area contributed by atoms with Gasteiger partial charge in [-0.25, -0.2) is 0 Å². The summed E-state index contributed by atoms with van der Waals surface area (Å²) in [5, 5.41) is 0. The van der Waals surface area contributed by atoms with Gasteiger partial charge in [0.1, 0.15) is 0 Å². The van der Waals surface area contributed by atoms with Gasteiger partial charge in [-0.15, -0.1) is 0 Å². The normalized spacial score (nSPS) is 6.25. The van der Waals surface area contributed by atoms with E-state index < -0.39 is 0 Å². The fourth-order valence-electron chi connectivity index (χ4n) is 0. The molecular weight excluding hydrogens is 48.0 g/mol. The maximum atomic E-state index is 5.75. The van der Waals surface area contributed by atoms with Crippen LogP contribution in [0.1, 0.15) is 29.0 Å². The summed E-state index contributed by atoms with van der Waals surface area (Å²) in [5.74, 6) is 0. The zero-order valence-electron chi connectivity index (χ0n) is 4.71. The van der Waals surface area contributed by atoms with Gasteiger partial charge in [0.15, 0.2) is 0 Å². The van der Waals surface area contributed by atoms with Gasteiger partial charge in [0.05, 0.1) is 0 Å². The van der Waals surface area contributed by atoms with E-state index in [1.165, 1.54) is 13.8 Å². The molecule has 0 fully saturated rings. The fourth-order valence-corrected chi connectivity index (χ4v) is 0. The van der Waals surface area contributed by atoms with Crippen LogP contribution >= 0.6 is 0 Å². The molecule has 0 amide bonds. The van der Waals surface area contributed by atoms with Crippen LogP contribution in [0.3, 0.4) is 0 Å². The van der Waals surface area contributed by atoms with Gasteiger partial charge < -0.3 is 0 Å². The molecule has 0 N–H and O–H groups in total. The van der Waals surface area contributed by atoms with E-state index in [0.717, 1.165) is 0 Å². The highest BCUT2D eigenvalue weighted by Crippen LogP contribution is 1.56. The van der Waals surface area contributed by atoms with Crippen LogP contribution in [-0.4, -0.2) is 0 Å². The van der Waals surface area contributed by atoms with E-state index in [4.69, 9.17) is 1.37 Å². The van der Waals surface area contributed by atoms with Crippen LogP contribution in [0.25, 0.3) is 0 Å². The molecule has 0 saturated carbocycles. The fraction of sp³-hybridized carbons (Fsp3) is 1.00. The first-order valence-corrected chi connectivity index (χ1v) is 1.41. The molecule has 0 unspecified atom stereocenters. The third kappa shape index (κ3) is 0. The van der Waals surface area contributed by atoms with Crippen LogP contribution in [0.5, 0.6) is 0 Å². The molecule has 28 valence electrons. The molecule has 0 atom stereocenters. The quantitative estimate of drug-likeness (QED) is 0.403. The molecule has 0 nitrogen and oxygen atoms in total. The predicted molar refractivity (Wildman–Crippen MR) is 22.7 cm³/mol. The highest BCUT2D eigenvalue weighted by molar-refractivity contribution is 3.92. The molecule has 0 aromatic carbocycles. The van der Waals surface area contributed by atoms with Crippen molar-refractivity contribution in [3.63, 3.8) is 0 Å². The van der Waals surface area contributed by atoms with Crippen molar-refractivity contribution in [3.05, 3.63) is 0 Å². The minimum atomic E-state index is 1.25. The van der Waals surface area contributed by atoms with Gasteiger partial charge in [0.25, 0.3) is 0 Å². The summed E-state index contributed by atoms with van der Waals surface area (Å²) in [6.07, 6.45) is 1.25. The summed E-state index contributed by atoms with van der Waals surface area (Å²) in [4.78, 5) is 0. The number of hydrogen-bond acceptors (Lipinski definition) is 0. The molecule has 0 aromatic heterocycles.